The molecular weight excluding hydrogens is 577 g/mol. The van der Waals surface area contributed by atoms with Gasteiger partial charge in [0, 0.05) is 11.8 Å². The monoisotopic (exact) mass is 612 g/mol. The molecule has 7 aromatic carbocycles. The summed E-state index contributed by atoms with van der Waals surface area (Å²) in [6, 6.07) is 62.3. The lowest BCUT2D eigenvalue weighted by molar-refractivity contribution is 0.805. The standard InChI is InChI=1S/C48H36/c1-4-14-36(15-5-1)38-23-25-41(26-24-38)46-32-31-40-20-10-11-22-45(40)48(46)43-29-27-42(28-30-43)47(39-18-8-3-9-19-39)34-35-13-12-21-44(33-35)37-16-6-2-7-17-37/h1-4,6-13,16-33,36,47H,14,34H2. The highest BCUT2D eigenvalue weighted by Gasteiger charge is 2.18. The Morgan fingerprint density at radius 3 is 2.00 bits per heavy atom. The van der Waals surface area contributed by atoms with E-state index in [1.54, 1.807) is 0 Å². The Kier molecular flexibility index (Phi) is 8.27. The van der Waals surface area contributed by atoms with Crippen LogP contribution in [-0.4, -0.2) is 0 Å². The average Bonchev–Trinajstić information content (AvgIpc) is 3.18. The molecule has 0 spiro atoms. The van der Waals surface area contributed by atoms with Gasteiger partial charge in [0.25, 0.3) is 0 Å². The van der Waals surface area contributed by atoms with Gasteiger partial charge in [-0.25, -0.2) is 0 Å². The van der Waals surface area contributed by atoms with Crippen LogP contribution in [0.1, 0.15) is 40.5 Å². The van der Waals surface area contributed by atoms with Crippen molar-refractivity contribution in [1.29, 1.82) is 0 Å². The Hall–Kier alpha value is -5.90. The molecule has 0 saturated heterocycles. The van der Waals surface area contributed by atoms with Crippen molar-refractivity contribution in [2.45, 2.75) is 24.7 Å². The highest BCUT2D eigenvalue weighted by atomic mass is 14.2. The van der Waals surface area contributed by atoms with Gasteiger partial charge in [-0.2, -0.15) is 0 Å². The highest BCUT2D eigenvalue weighted by Crippen LogP contribution is 2.40. The molecule has 0 aliphatic heterocycles. The Balaban J connectivity index is 1.16. The molecule has 1 aliphatic rings. The zero-order valence-electron chi connectivity index (χ0n) is 26.9. The summed E-state index contributed by atoms with van der Waals surface area (Å²) < 4.78 is 0. The maximum Gasteiger partial charge on any atom is 0.0490 e. The van der Waals surface area contributed by atoms with E-state index in [0.717, 1.165) is 12.8 Å². The molecule has 0 heteroatoms. The summed E-state index contributed by atoms with van der Waals surface area (Å²) in [4.78, 5) is 0. The largest absolute Gasteiger partial charge is 0.0900 e. The van der Waals surface area contributed by atoms with Crippen LogP contribution in [0.4, 0.5) is 0 Å². The topological polar surface area (TPSA) is 0 Å². The lowest BCUT2D eigenvalue weighted by Gasteiger charge is -2.20. The zero-order chi connectivity index (χ0) is 32.1. The van der Waals surface area contributed by atoms with E-state index in [0.29, 0.717) is 0 Å². The number of hydrogen-bond donors (Lipinski definition) is 0. The van der Waals surface area contributed by atoms with Crippen molar-refractivity contribution in [3.05, 3.63) is 204 Å². The summed E-state index contributed by atoms with van der Waals surface area (Å²) in [7, 11) is 0. The predicted molar refractivity (Wildman–Crippen MR) is 203 cm³/mol. The van der Waals surface area contributed by atoms with Crippen molar-refractivity contribution >= 4 is 10.8 Å². The maximum absolute atomic E-state index is 3.37. The minimum Gasteiger partial charge on any atom is -0.0900 e. The third-order valence-corrected chi connectivity index (χ3v) is 9.66. The Morgan fingerprint density at radius 2 is 1.23 bits per heavy atom. The molecular formula is C48H36. The second kappa shape index (κ2) is 13.4. The van der Waals surface area contributed by atoms with Crippen molar-refractivity contribution in [1.82, 2.24) is 0 Å². The number of hydrogen-bond acceptors (Lipinski definition) is 0. The van der Waals surface area contributed by atoms with E-state index >= 15 is 0 Å². The first kappa shape index (κ1) is 29.5. The molecule has 48 heavy (non-hydrogen) atoms. The summed E-state index contributed by atoms with van der Waals surface area (Å²) in [6.07, 6.45) is 6.03. The minimum absolute atomic E-state index is 0.239. The molecule has 8 rings (SSSR count). The van der Waals surface area contributed by atoms with Crippen LogP contribution in [0, 0.1) is 11.8 Å². The van der Waals surface area contributed by atoms with Crippen molar-refractivity contribution in [2.24, 2.45) is 0 Å². The highest BCUT2D eigenvalue weighted by molar-refractivity contribution is 6.04. The van der Waals surface area contributed by atoms with Crippen LogP contribution in [0.3, 0.4) is 0 Å². The van der Waals surface area contributed by atoms with Gasteiger partial charge in [-0.3, -0.25) is 0 Å². The first-order valence-corrected chi connectivity index (χ1v) is 16.9. The van der Waals surface area contributed by atoms with Gasteiger partial charge in [-0.1, -0.05) is 188 Å². The summed E-state index contributed by atoms with van der Waals surface area (Å²) in [5.41, 5.74) is 12.8. The maximum atomic E-state index is 3.37. The van der Waals surface area contributed by atoms with Gasteiger partial charge in [-0.05, 0) is 85.3 Å². The molecule has 0 radical (unpaired) electrons. The number of rotatable bonds is 8. The van der Waals surface area contributed by atoms with E-state index in [-0.39, 0.29) is 11.8 Å². The van der Waals surface area contributed by atoms with E-state index in [1.807, 2.05) is 6.08 Å². The summed E-state index contributed by atoms with van der Waals surface area (Å²) in [5.74, 6) is 7.02. The molecule has 0 aromatic heterocycles. The molecule has 228 valence electrons. The average molecular weight is 613 g/mol. The second-order valence-corrected chi connectivity index (χ2v) is 12.7. The van der Waals surface area contributed by atoms with Crippen molar-refractivity contribution in [3.63, 3.8) is 0 Å². The second-order valence-electron chi connectivity index (χ2n) is 12.7. The smallest absolute Gasteiger partial charge is 0.0490 e. The lowest BCUT2D eigenvalue weighted by Crippen LogP contribution is -2.05. The molecule has 0 saturated carbocycles. The van der Waals surface area contributed by atoms with E-state index in [2.05, 4.69) is 188 Å². The Morgan fingerprint density at radius 1 is 0.542 bits per heavy atom. The number of benzene rings is 7. The van der Waals surface area contributed by atoms with Gasteiger partial charge < -0.3 is 0 Å². The minimum atomic E-state index is 0.239. The van der Waals surface area contributed by atoms with Gasteiger partial charge in [-0.15, -0.1) is 0 Å². The van der Waals surface area contributed by atoms with Gasteiger partial charge in [0.15, 0.2) is 0 Å². The van der Waals surface area contributed by atoms with Crippen LogP contribution in [-0.2, 0) is 6.42 Å². The molecule has 2 atom stereocenters. The first-order valence-electron chi connectivity index (χ1n) is 16.9. The van der Waals surface area contributed by atoms with Crippen LogP contribution in [0.5, 0.6) is 0 Å². The molecule has 7 aromatic rings. The predicted octanol–water partition coefficient (Wildman–Crippen LogP) is 12.3. The van der Waals surface area contributed by atoms with Gasteiger partial charge >= 0.3 is 0 Å². The van der Waals surface area contributed by atoms with E-state index in [1.165, 1.54) is 66.4 Å². The number of fused-ring (bicyclic) bond motifs is 1. The fraction of sp³-hybridized carbons (Fsp3) is 0.0833. The van der Waals surface area contributed by atoms with Crippen molar-refractivity contribution < 1.29 is 0 Å². The van der Waals surface area contributed by atoms with Crippen LogP contribution in [0.15, 0.2) is 182 Å². The Labute approximate surface area is 284 Å². The lowest BCUT2D eigenvalue weighted by atomic mass is 9.83. The third kappa shape index (κ3) is 6.12. The third-order valence-electron chi connectivity index (χ3n) is 9.66. The van der Waals surface area contributed by atoms with Crippen LogP contribution in [0.2, 0.25) is 0 Å². The normalized spacial score (nSPS) is 14.3. The quantitative estimate of drug-likeness (QED) is 0.150. The molecule has 2 unspecified atom stereocenters. The van der Waals surface area contributed by atoms with Crippen molar-refractivity contribution in [2.75, 3.05) is 0 Å². The molecule has 0 nitrogen and oxygen atoms in total. The van der Waals surface area contributed by atoms with Crippen LogP contribution < -0.4 is 0 Å². The van der Waals surface area contributed by atoms with E-state index < -0.39 is 0 Å². The number of allylic oxidation sites excluding steroid dienone is 2. The summed E-state index contributed by atoms with van der Waals surface area (Å²) in [6.45, 7) is 0. The zero-order valence-corrected chi connectivity index (χ0v) is 26.9. The fourth-order valence-electron chi connectivity index (χ4n) is 7.15. The van der Waals surface area contributed by atoms with Gasteiger partial charge in [0.05, 0.1) is 0 Å². The van der Waals surface area contributed by atoms with E-state index in [9.17, 15) is 0 Å². The van der Waals surface area contributed by atoms with Gasteiger partial charge in [0.2, 0.25) is 0 Å². The van der Waals surface area contributed by atoms with Crippen LogP contribution in [0.25, 0.3) is 44.2 Å². The fourth-order valence-corrected chi connectivity index (χ4v) is 7.15. The van der Waals surface area contributed by atoms with Crippen LogP contribution >= 0.6 is 0 Å². The summed E-state index contributed by atoms with van der Waals surface area (Å²) in [5, 5.41) is 2.52. The molecule has 0 fully saturated rings. The van der Waals surface area contributed by atoms with Gasteiger partial charge in [0.1, 0.15) is 0 Å². The van der Waals surface area contributed by atoms with Crippen molar-refractivity contribution in [3.8, 4) is 45.2 Å². The summed E-state index contributed by atoms with van der Waals surface area (Å²) >= 11 is 0. The molecule has 0 heterocycles. The Bertz CT molecular complexity index is 2260. The molecule has 1 aliphatic carbocycles. The molecule has 0 N–H and O–H groups in total. The SMILES string of the molecule is C1#CC(c2ccc(-c3ccc4ccccc4c3-c3ccc(C(Cc4cccc(-c5ccccc5)c4)c4ccccc4)cc3)cc2)CC=C1. The molecule has 0 amide bonds. The molecule has 0 bridgehead atoms. The van der Waals surface area contributed by atoms with E-state index in [4.69, 9.17) is 0 Å². The first-order chi connectivity index (χ1) is 23.8.